The fourth-order valence-electron chi connectivity index (χ4n) is 14.4. The van der Waals surface area contributed by atoms with E-state index in [1.54, 1.807) is 35.2 Å². The second kappa shape index (κ2) is 22.3. The van der Waals surface area contributed by atoms with Crippen LogP contribution in [0.3, 0.4) is 0 Å². The quantitative estimate of drug-likeness (QED) is 0.0863. The molecule has 0 aromatic rings. The third kappa shape index (κ3) is 10.3. The molecule has 4 aliphatic heterocycles. The zero-order chi connectivity index (χ0) is 54.0. The summed E-state index contributed by atoms with van der Waals surface area (Å²) in [5, 5.41) is 60.0. The van der Waals surface area contributed by atoms with E-state index in [1.165, 1.54) is 13.0 Å². The zero-order valence-electron chi connectivity index (χ0n) is 45.9. The average Bonchev–Trinajstić information content (AvgIpc) is 3.58. The molecule has 0 unspecified atom stereocenters. The van der Waals surface area contributed by atoms with E-state index in [2.05, 4.69) is 6.92 Å². The van der Waals surface area contributed by atoms with Crippen LogP contribution in [0.15, 0.2) is 23.3 Å². The first-order chi connectivity index (χ1) is 34.8. The number of ether oxygens (including phenoxy) is 12. The standard InChI is InChI=1S/C55H88O19/c1-27(2)28(3)20-42(58)71-41-26-40-51(9)16-15-35(21-34(51)14-17-54(40,61)55(62)19-18-53(60,33(8)56)52(41,55)10)70-43-22-36(57)48(30(5)67-43)72-45-24-38(64-12)50(31(6)68-45)74-46-25-39(65-13)49(32(7)69-46)73-44-23-37(63-11)47(59)29(4)66-44/h14,20,27,29-32,35-41,43-50,57,59-62H,15-19,21-26H2,1-13H3/b28-20+/t29-,30+,31-,32+,35-,36-,37+,38-,39-,40+,41+,43-,44-,45-,46-,47-,48+,49+,50+,51-,52+,53+,54-,55-/m0/s1. The lowest BCUT2D eigenvalue weighted by Gasteiger charge is -2.67. The number of rotatable bonds is 15. The third-order valence-corrected chi connectivity index (χ3v) is 19.4. The largest absolute Gasteiger partial charge is 0.458 e. The molecule has 0 radical (unpaired) electrons. The summed E-state index contributed by atoms with van der Waals surface area (Å²) in [7, 11) is 4.79. The van der Waals surface area contributed by atoms with Crippen LogP contribution in [0, 0.1) is 22.7 Å². The van der Waals surface area contributed by atoms with Crippen molar-refractivity contribution in [2.45, 2.75) is 267 Å². The van der Waals surface area contributed by atoms with Gasteiger partial charge in [-0.05, 0) is 105 Å². The molecule has 8 rings (SSSR count). The van der Waals surface area contributed by atoms with E-state index in [-0.39, 0.29) is 50.2 Å². The summed E-state index contributed by atoms with van der Waals surface area (Å²) < 4.78 is 74.7. The summed E-state index contributed by atoms with van der Waals surface area (Å²) in [5.41, 5.74) is -6.22. The minimum absolute atomic E-state index is 0.0466. The van der Waals surface area contributed by atoms with Gasteiger partial charge in [-0.1, -0.05) is 38.0 Å². The Bertz CT molecular complexity index is 2040. The van der Waals surface area contributed by atoms with Gasteiger partial charge in [0.1, 0.15) is 47.3 Å². The van der Waals surface area contributed by atoms with Gasteiger partial charge in [-0.3, -0.25) is 4.79 Å². The highest BCUT2D eigenvalue weighted by Crippen LogP contribution is 2.71. The lowest BCUT2D eigenvalue weighted by atomic mass is 9.42. The van der Waals surface area contributed by atoms with E-state index in [1.807, 2.05) is 47.6 Å². The fourth-order valence-corrected chi connectivity index (χ4v) is 14.4. The lowest BCUT2D eigenvalue weighted by molar-refractivity contribution is -0.346. The van der Waals surface area contributed by atoms with Gasteiger partial charge in [-0.2, -0.15) is 0 Å². The molecule has 3 saturated carbocycles. The van der Waals surface area contributed by atoms with Crippen LogP contribution in [-0.4, -0.2) is 186 Å². The van der Waals surface area contributed by atoms with E-state index in [9.17, 15) is 35.1 Å². The molecule has 0 spiro atoms. The molecule has 8 aliphatic rings. The Morgan fingerprint density at radius 2 is 1.20 bits per heavy atom. The molecule has 0 bridgehead atoms. The molecule has 19 heteroatoms. The number of ketones is 1. The van der Waals surface area contributed by atoms with Crippen molar-refractivity contribution in [1.29, 1.82) is 0 Å². The van der Waals surface area contributed by atoms with Crippen molar-refractivity contribution in [3.63, 3.8) is 0 Å². The number of aliphatic hydroxyl groups excluding tert-OH is 2. The number of carbonyl (C=O) groups is 2. The van der Waals surface area contributed by atoms with E-state index in [4.69, 9.17) is 56.8 Å². The predicted octanol–water partition coefficient (Wildman–Crippen LogP) is 4.47. The van der Waals surface area contributed by atoms with Crippen molar-refractivity contribution < 1.29 is 92.0 Å². The summed E-state index contributed by atoms with van der Waals surface area (Å²) in [5.74, 6) is -1.66. The van der Waals surface area contributed by atoms with Gasteiger partial charge in [0.05, 0.1) is 60.4 Å². The van der Waals surface area contributed by atoms with Crippen LogP contribution >= 0.6 is 0 Å². The second-order valence-electron chi connectivity index (χ2n) is 23.7. The fraction of sp³-hybridized carbons (Fsp3) is 0.891. The van der Waals surface area contributed by atoms with Gasteiger partial charge >= 0.3 is 5.97 Å². The van der Waals surface area contributed by atoms with Crippen LogP contribution in [0.2, 0.25) is 0 Å². The normalized spacial score (nSPS) is 49.9. The van der Waals surface area contributed by atoms with Crippen molar-refractivity contribution in [2.75, 3.05) is 21.3 Å². The topological polar surface area (TPSA) is 246 Å². The van der Waals surface area contributed by atoms with Crippen LogP contribution in [0.4, 0.5) is 0 Å². The molecule has 4 heterocycles. The maximum atomic E-state index is 13.5. The van der Waals surface area contributed by atoms with E-state index >= 15 is 0 Å². The zero-order valence-corrected chi connectivity index (χ0v) is 45.9. The molecule has 0 aromatic carbocycles. The summed E-state index contributed by atoms with van der Waals surface area (Å²) in [6.45, 7) is 18.1. The van der Waals surface area contributed by atoms with Gasteiger partial charge in [-0.15, -0.1) is 0 Å². The molecule has 24 atom stereocenters. The molecule has 0 aromatic heterocycles. The number of hydrogen-bond acceptors (Lipinski definition) is 19. The minimum Gasteiger partial charge on any atom is -0.458 e. The Kier molecular flexibility index (Phi) is 17.5. The van der Waals surface area contributed by atoms with Gasteiger partial charge in [0.15, 0.2) is 30.9 Å². The van der Waals surface area contributed by atoms with Crippen LogP contribution in [0.25, 0.3) is 0 Å². The molecule has 7 fully saturated rings. The predicted molar refractivity (Wildman–Crippen MR) is 264 cm³/mol. The number of fused-ring (bicyclic) bond motifs is 5. The van der Waals surface area contributed by atoms with E-state index < -0.39 is 144 Å². The number of methoxy groups -OCH3 is 3. The Morgan fingerprint density at radius 1 is 0.689 bits per heavy atom. The molecule has 74 heavy (non-hydrogen) atoms. The minimum atomic E-state index is -2.03. The first-order valence-corrected chi connectivity index (χ1v) is 27.2. The van der Waals surface area contributed by atoms with E-state index in [0.717, 1.165) is 11.1 Å². The van der Waals surface area contributed by atoms with Crippen molar-refractivity contribution in [3.8, 4) is 0 Å². The van der Waals surface area contributed by atoms with Crippen LogP contribution < -0.4 is 0 Å². The summed E-state index contributed by atoms with van der Waals surface area (Å²) >= 11 is 0. The van der Waals surface area contributed by atoms with Crippen LogP contribution in [0.1, 0.15) is 140 Å². The van der Waals surface area contributed by atoms with Crippen molar-refractivity contribution >= 4 is 11.8 Å². The second-order valence-corrected chi connectivity index (χ2v) is 23.7. The average molecular weight is 1050 g/mol. The molecule has 4 saturated heterocycles. The first-order valence-electron chi connectivity index (χ1n) is 27.2. The number of aliphatic hydroxyl groups is 5. The highest BCUT2D eigenvalue weighted by molar-refractivity contribution is 5.87. The monoisotopic (exact) mass is 1050 g/mol. The van der Waals surface area contributed by atoms with Gasteiger partial charge in [0.2, 0.25) is 0 Å². The molecular formula is C55H88O19. The SMILES string of the molecule is CO[C@H]1C[C@H](O[C@H]2[C@@H](O)C[C@H](O[C@H]3CC[C@@]4(C)C(=CC[C@]5(O)[C@@H]4C[C@@H](OC(=O)/C=C(\C)C(C)C)[C@@]4(C)[C@@]5(O)CC[C@@]4(O)C(C)=O)C3)O[C@@H]2C)O[C@@H](C)[C@H]1O[C@H]1C[C@H](OC)[C@H](O[C@H]2C[C@@H](OC)[C@@H](O)[C@H](C)O2)[C@@H](C)O1. The number of Topliss-reactive ketones (excluding diaryl/α,β-unsaturated/α-hetero) is 1. The smallest absolute Gasteiger partial charge is 0.330 e. The number of carbonyl (C=O) groups excluding carboxylic acids is 2. The van der Waals surface area contributed by atoms with Crippen molar-refractivity contribution in [3.05, 3.63) is 23.3 Å². The summed E-state index contributed by atoms with van der Waals surface area (Å²) in [6, 6.07) is 0. The number of allylic oxidation sites excluding steroid dienone is 1. The van der Waals surface area contributed by atoms with Gasteiger partial charge in [0.25, 0.3) is 0 Å². The maximum Gasteiger partial charge on any atom is 0.330 e. The summed E-state index contributed by atoms with van der Waals surface area (Å²) in [4.78, 5) is 26.8. The molecule has 0 amide bonds. The molecule has 19 nitrogen and oxygen atoms in total. The Balaban J connectivity index is 0.865. The van der Waals surface area contributed by atoms with E-state index in [0.29, 0.717) is 38.5 Å². The Morgan fingerprint density at radius 3 is 1.73 bits per heavy atom. The molecule has 4 aliphatic carbocycles. The van der Waals surface area contributed by atoms with Gasteiger partial charge in [0, 0.05) is 59.0 Å². The van der Waals surface area contributed by atoms with Gasteiger partial charge in [-0.25, -0.2) is 4.79 Å². The lowest BCUT2D eigenvalue weighted by Crippen LogP contribution is -2.78. The number of hydrogen-bond donors (Lipinski definition) is 5. The Hall–Kier alpha value is -2.02. The van der Waals surface area contributed by atoms with Crippen LogP contribution in [-0.2, 0) is 66.4 Å². The number of esters is 1. The first kappa shape index (κ1) is 58.1. The highest BCUT2D eigenvalue weighted by atomic mass is 16.8. The molecule has 5 N–H and O–H groups in total. The maximum absolute atomic E-state index is 13.5. The van der Waals surface area contributed by atoms with Crippen molar-refractivity contribution in [2.24, 2.45) is 22.7 Å². The Labute approximate surface area is 437 Å². The molecule has 422 valence electrons. The third-order valence-electron chi connectivity index (χ3n) is 19.4. The summed E-state index contributed by atoms with van der Waals surface area (Å²) in [6.07, 6.45) is -4.44. The van der Waals surface area contributed by atoms with Crippen LogP contribution in [0.5, 0.6) is 0 Å². The molecular weight excluding hydrogens is 965 g/mol. The van der Waals surface area contributed by atoms with Gasteiger partial charge < -0.3 is 82.4 Å². The highest BCUT2D eigenvalue weighted by Gasteiger charge is 2.81. The van der Waals surface area contributed by atoms with Crippen molar-refractivity contribution in [1.82, 2.24) is 0 Å².